The maximum Gasteiger partial charge on any atom is 0.257 e. The first-order chi connectivity index (χ1) is 14.5. The zero-order valence-corrected chi connectivity index (χ0v) is 17.9. The Balaban J connectivity index is 1.36. The highest BCUT2D eigenvalue weighted by Gasteiger charge is 2.13. The van der Waals surface area contributed by atoms with Crippen LogP contribution in [0.3, 0.4) is 0 Å². The number of carbonyl (C=O) groups excluding carboxylic acids is 2. The molecule has 2 heterocycles. The maximum atomic E-state index is 12.4. The van der Waals surface area contributed by atoms with Crippen molar-refractivity contribution >= 4 is 55.0 Å². The van der Waals surface area contributed by atoms with Gasteiger partial charge in [-0.05, 0) is 48.9 Å². The average Bonchev–Trinajstić information content (AvgIpc) is 3.33. The van der Waals surface area contributed by atoms with Gasteiger partial charge < -0.3 is 10.1 Å². The molecule has 0 unspecified atom stereocenters. The highest BCUT2D eigenvalue weighted by molar-refractivity contribution is 7.22. The Morgan fingerprint density at radius 3 is 2.60 bits per heavy atom. The molecule has 2 aromatic heterocycles. The number of hydrogen-bond donors (Lipinski definition) is 2. The van der Waals surface area contributed by atoms with E-state index >= 15 is 0 Å². The van der Waals surface area contributed by atoms with E-state index in [9.17, 15) is 9.59 Å². The fourth-order valence-corrected chi connectivity index (χ4v) is 4.46. The van der Waals surface area contributed by atoms with Gasteiger partial charge in [0.1, 0.15) is 5.75 Å². The SMILES string of the molecule is COc1ccc(C(=O)Nc2nc(CC(=O)Nc3nc4ccc(C)cc4s3)cs2)cc1. The van der Waals surface area contributed by atoms with Crippen molar-refractivity contribution in [1.82, 2.24) is 9.97 Å². The second-order valence-corrected chi connectivity index (χ2v) is 8.43. The third-order valence-electron chi connectivity index (χ3n) is 4.26. The largest absolute Gasteiger partial charge is 0.497 e. The van der Waals surface area contributed by atoms with Gasteiger partial charge in [0.15, 0.2) is 10.3 Å². The number of aromatic nitrogens is 2. The first kappa shape index (κ1) is 20.0. The Morgan fingerprint density at radius 2 is 1.83 bits per heavy atom. The average molecular weight is 439 g/mol. The number of amides is 2. The zero-order valence-electron chi connectivity index (χ0n) is 16.3. The Hall–Kier alpha value is -3.30. The molecule has 30 heavy (non-hydrogen) atoms. The van der Waals surface area contributed by atoms with Gasteiger partial charge in [-0.15, -0.1) is 11.3 Å². The minimum atomic E-state index is -0.271. The van der Waals surface area contributed by atoms with Gasteiger partial charge in [-0.25, -0.2) is 9.97 Å². The number of nitrogens with one attached hydrogen (secondary N) is 2. The van der Waals surface area contributed by atoms with Crippen molar-refractivity contribution in [1.29, 1.82) is 0 Å². The zero-order chi connectivity index (χ0) is 21.1. The number of rotatable bonds is 6. The van der Waals surface area contributed by atoms with Gasteiger partial charge >= 0.3 is 0 Å². The van der Waals surface area contributed by atoms with Crippen LogP contribution < -0.4 is 15.4 Å². The molecule has 152 valence electrons. The second kappa shape index (κ2) is 8.60. The van der Waals surface area contributed by atoms with Crippen molar-refractivity contribution in [3.8, 4) is 5.75 Å². The molecule has 0 saturated carbocycles. The van der Waals surface area contributed by atoms with Crippen LogP contribution in [-0.4, -0.2) is 28.9 Å². The van der Waals surface area contributed by atoms with E-state index in [2.05, 4.69) is 20.6 Å². The fourth-order valence-electron chi connectivity index (χ4n) is 2.77. The summed E-state index contributed by atoms with van der Waals surface area (Å²) in [6.07, 6.45) is 0.101. The second-order valence-electron chi connectivity index (χ2n) is 6.54. The normalized spacial score (nSPS) is 10.7. The Kier molecular flexibility index (Phi) is 5.73. The van der Waals surface area contributed by atoms with E-state index in [-0.39, 0.29) is 18.2 Å². The van der Waals surface area contributed by atoms with Gasteiger partial charge in [-0.2, -0.15) is 0 Å². The number of ether oxygens (including phenoxy) is 1. The monoisotopic (exact) mass is 438 g/mol. The number of thiazole rings is 2. The van der Waals surface area contributed by atoms with Gasteiger partial charge in [0.05, 0.1) is 29.4 Å². The van der Waals surface area contributed by atoms with E-state index in [0.29, 0.717) is 27.3 Å². The minimum Gasteiger partial charge on any atom is -0.497 e. The number of hydrogen-bond acceptors (Lipinski definition) is 7. The quantitative estimate of drug-likeness (QED) is 0.462. The maximum absolute atomic E-state index is 12.4. The molecule has 0 spiro atoms. The van der Waals surface area contributed by atoms with Crippen LogP contribution in [0.2, 0.25) is 0 Å². The molecule has 0 aliphatic carbocycles. The van der Waals surface area contributed by atoms with E-state index in [0.717, 1.165) is 15.8 Å². The molecule has 0 fully saturated rings. The van der Waals surface area contributed by atoms with Crippen LogP contribution in [0, 0.1) is 6.92 Å². The number of aryl methyl sites for hydroxylation is 1. The molecule has 2 aromatic carbocycles. The van der Waals surface area contributed by atoms with Crippen LogP contribution in [0.15, 0.2) is 47.8 Å². The number of benzene rings is 2. The molecular formula is C21H18N4O3S2. The van der Waals surface area contributed by atoms with Crippen molar-refractivity contribution in [3.05, 3.63) is 64.7 Å². The summed E-state index contributed by atoms with van der Waals surface area (Å²) in [5, 5.41) is 8.32. The van der Waals surface area contributed by atoms with Crippen LogP contribution in [0.1, 0.15) is 21.6 Å². The summed E-state index contributed by atoms with van der Waals surface area (Å²) >= 11 is 2.71. The van der Waals surface area contributed by atoms with E-state index in [1.165, 1.54) is 22.7 Å². The molecule has 0 radical (unpaired) electrons. The van der Waals surface area contributed by atoms with Crippen molar-refractivity contribution in [2.75, 3.05) is 17.7 Å². The van der Waals surface area contributed by atoms with Crippen LogP contribution in [0.5, 0.6) is 5.75 Å². The molecule has 7 nitrogen and oxygen atoms in total. The van der Waals surface area contributed by atoms with Gasteiger partial charge in [-0.1, -0.05) is 17.4 Å². The molecule has 4 aromatic rings. The summed E-state index contributed by atoms with van der Waals surface area (Å²) in [5.41, 5.74) is 3.09. The molecule has 2 N–H and O–H groups in total. The van der Waals surface area contributed by atoms with Crippen LogP contribution in [-0.2, 0) is 11.2 Å². The molecule has 0 aliphatic rings. The van der Waals surface area contributed by atoms with Gasteiger partial charge in [0.25, 0.3) is 5.91 Å². The Morgan fingerprint density at radius 1 is 1.03 bits per heavy atom. The summed E-state index contributed by atoms with van der Waals surface area (Å²) in [6.45, 7) is 2.02. The fraction of sp³-hybridized carbons (Fsp3) is 0.143. The standard InChI is InChI=1S/C21H18N4O3S2/c1-12-3-8-16-17(9-12)30-21(23-16)24-18(26)10-14-11-29-20(22-14)25-19(27)13-4-6-15(28-2)7-5-13/h3-9,11H,10H2,1-2H3,(H,22,25,27)(H,23,24,26). The predicted octanol–water partition coefficient (Wildman–Crippen LogP) is 4.50. The van der Waals surface area contributed by atoms with Crippen molar-refractivity contribution < 1.29 is 14.3 Å². The van der Waals surface area contributed by atoms with Gasteiger partial charge in [0, 0.05) is 10.9 Å². The lowest BCUT2D eigenvalue weighted by atomic mass is 10.2. The molecule has 4 rings (SSSR count). The van der Waals surface area contributed by atoms with Crippen LogP contribution in [0.4, 0.5) is 10.3 Å². The predicted molar refractivity (Wildman–Crippen MR) is 120 cm³/mol. The minimum absolute atomic E-state index is 0.101. The molecule has 0 saturated heterocycles. The summed E-state index contributed by atoms with van der Waals surface area (Å²) in [6, 6.07) is 12.8. The number of fused-ring (bicyclic) bond motifs is 1. The molecule has 0 aliphatic heterocycles. The third-order valence-corrected chi connectivity index (χ3v) is 6.00. The van der Waals surface area contributed by atoms with Crippen molar-refractivity contribution in [2.45, 2.75) is 13.3 Å². The first-order valence-electron chi connectivity index (χ1n) is 9.07. The lowest BCUT2D eigenvalue weighted by Crippen LogP contribution is -2.15. The topological polar surface area (TPSA) is 93.2 Å². The summed E-state index contributed by atoms with van der Waals surface area (Å²) in [7, 11) is 1.57. The highest BCUT2D eigenvalue weighted by Crippen LogP contribution is 2.27. The highest BCUT2D eigenvalue weighted by atomic mass is 32.1. The van der Waals surface area contributed by atoms with Crippen LogP contribution >= 0.6 is 22.7 Å². The lowest BCUT2D eigenvalue weighted by Gasteiger charge is -2.03. The number of anilines is 2. The first-order valence-corrected chi connectivity index (χ1v) is 10.8. The molecular weight excluding hydrogens is 420 g/mol. The van der Waals surface area contributed by atoms with Crippen molar-refractivity contribution in [2.24, 2.45) is 0 Å². The summed E-state index contributed by atoms with van der Waals surface area (Å²) < 4.78 is 6.12. The number of nitrogens with zero attached hydrogens (tertiary/aromatic N) is 2. The van der Waals surface area contributed by atoms with Crippen LogP contribution in [0.25, 0.3) is 10.2 Å². The number of carbonyl (C=O) groups is 2. The third kappa shape index (κ3) is 4.64. The molecule has 0 bridgehead atoms. The summed E-state index contributed by atoms with van der Waals surface area (Å²) in [5.74, 6) is 0.203. The van der Waals surface area contributed by atoms with E-state index < -0.39 is 0 Å². The van der Waals surface area contributed by atoms with E-state index in [4.69, 9.17) is 4.74 Å². The lowest BCUT2D eigenvalue weighted by molar-refractivity contribution is -0.115. The van der Waals surface area contributed by atoms with E-state index in [1.807, 2.05) is 25.1 Å². The van der Waals surface area contributed by atoms with E-state index in [1.54, 1.807) is 36.8 Å². The van der Waals surface area contributed by atoms with Gasteiger partial charge in [-0.3, -0.25) is 14.9 Å². The number of methoxy groups -OCH3 is 1. The Bertz CT molecular complexity index is 1210. The summed E-state index contributed by atoms with van der Waals surface area (Å²) in [4.78, 5) is 33.4. The molecule has 2 amide bonds. The van der Waals surface area contributed by atoms with Crippen molar-refractivity contribution in [3.63, 3.8) is 0 Å². The molecule has 9 heteroatoms. The molecule has 0 atom stereocenters. The van der Waals surface area contributed by atoms with Gasteiger partial charge in [0.2, 0.25) is 5.91 Å². The Labute approximate surface area is 180 Å². The smallest absolute Gasteiger partial charge is 0.257 e.